The molecule has 0 amide bonds. The maximum Gasteiger partial charge on any atom is 0.163 e. The number of ether oxygens (including phenoxy) is 1. The van der Waals surface area contributed by atoms with Crippen LogP contribution in [-0.4, -0.2) is 24.1 Å². The molecule has 1 aromatic rings. The van der Waals surface area contributed by atoms with E-state index in [0.29, 0.717) is 18.1 Å². The molecule has 4 heteroatoms. The Labute approximate surface area is 100.0 Å². The lowest BCUT2D eigenvalue weighted by atomic mass is 10.1. The minimum Gasteiger partial charge on any atom is -0.396 e. The number of halogens is 1. The van der Waals surface area contributed by atoms with Gasteiger partial charge in [0.05, 0.1) is 6.61 Å². The number of benzene rings is 1. The first-order chi connectivity index (χ1) is 7.65. The van der Waals surface area contributed by atoms with E-state index in [1.54, 1.807) is 24.3 Å². The summed E-state index contributed by atoms with van der Waals surface area (Å²) in [4.78, 5) is 11.4. The molecule has 0 aromatic heterocycles. The fourth-order valence-electron chi connectivity index (χ4n) is 1.38. The molecule has 0 spiro atoms. The second kappa shape index (κ2) is 6.63. The van der Waals surface area contributed by atoms with Crippen molar-refractivity contribution < 1.29 is 14.6 Å². The van der Waals surface area contributed by atoms with Crippen molar-refractivity contribution in [3.05, 3.63) is 34.9 Å². The number of ketones is 1. The Bertz CT molecular complexity index is 352. The first-order valence-electron chi connectivity index (χ1n) is 5.13. The molecule has 0 aliphatic carbocycles. The maximum absolute atomic E-state index is 11.4. The van der Waals surface area contributed by atoms with Crippen LogP contribution in [-0.2, 0) is 9.53 Å². The average molecular weight is 243 g/mol. The summed E-state index contributed by atoms with van der Waals surface area (Å²) >= 11 is 5.85. The van der Waals surface area contributed by atoms with Crippen molar-refractivity contribution in [3.63, 3.8) is 0 Å². The zero-order chi connectivity index (χ0) is 12.0. The van der Waals surface area contributed by atoms with Gasteiger partial charge in [0.2, 0.25) is 0 Å². The minimum absolute atomic E-state index is 0.0557. The second-order valence-electron chi connectivity index (χ2n) is 3.49. The highest BCUT2D eigenvalue weighted by Crippen LogP contribution is 2.21. The molecule has 88 valence electrons. The Kier molecular flexibility index (Phi) is 5.46. The van der Waals surface area contributed by atoms with E-state index >= 15 is 0 Å². The van der Waals surface area contributed by atoms with E-state index < -0.39 is 6.10 Å². The molecule has 0 radical (unpaired) electrons. The lowest BCUT2D eigenvalue weighted by molar-refractivity contribution is -0.129. The average Bonchev–Trinajstić information content (AvgIpc) is 2.24. The number of aliphatic hydroxyl groups is 1. The van der Waals surface area contributed by atoms with E-state index in [1.165, 1.54) is 6.92 Å². The normalized spacial score (nSPS) is 12.4. The van der Waals surface area contributed by atoms with Crippen molar-refractivity contribution >= 4 is 17.4 Å². The summed E-state index contributed by atoms with van der Waals surface area (Å²) in [5.74, 6) is -0.0693. The predicted molar refractivity (Wildman–Crippen MR) is 62.5 cm³/mol. The molecule has 1 aromatic carbocycles. The first-order valence-corrected chi connectivity index (χ1v) is 5.51. The molecule has 0 fully saturated rings. The van der Waals surface area contributed by atoms with E-state index in [0.717, 1.165) is 5.56 Å². The van der Waals surface area contributed by atoms with E-state index in [1.807, 2.05) is 0 Å². The lowest BCUT2D eigenvalue weighted by Gasteiger charge is -2.15. The zero-order valence-electron chi connectivity index (χ0n) is 9.15. The number of carbonyl (C=O) groups excluding carboxylic acids is 1. The standard InChI is InChI=1S/C12H15ClO3/c1-9(15)12(16-7-3-6-14)10-4-2-5-11(13)8-10/h2,4-5,8,12,14H,3,6-7H2,1H3. The zero-order valence-corrected chi connectivity index (χ0v) is 9.91. The van der Waals surface area contributed by atoms with Gasteiger partial charge in [0.1, 0.15) is 6.10 Å². The van der Waals surface area contributed by atoms with E-state index in [4.69, 9.17) is 21.4 Å². The summed E-state index contributed by atoms with van der Waals surface area (Å²) in [6, 6.07) is 7.04. The number of rotatable bonds is 6. The van der Waals surface area contributed by atoms with Gasteiger partial charge in [0, 0.05) is 11.6 Å². The Hall–Kier alpha value is -0.900. The number of hydrogen-bond donors (Lipinski definition) is 1. The highest BCUT2D eigenvalue weighted by atomic mass is 35.5. The topological polar surface area (TPSA) is 46.5 Å². The largest absolute Gasteiger partial charge is 0.396 e. The van der Waals surface area contributed by atoms with Gasteiger partial charge < -0.3 is 9.84 Å². The van der Waals surface area contributed by atoms with Crippen LogP contribution in [0.15, 0.2) is 24.3 Å². The van der Waals surface area contributed by atoms with Crippen LogP contribution < -0.4 is 0 Å². The molecule has 0 bridgehead atoms. The van der Waals surface area contributed by atoms with Crippen LogP contribution in [0.5, 0.6) is 0 Å². The van der Waals surface area contributed by atoms with Gasteiger partial charge in [-0.2, -0.15) is 0 Å². The summed E-state index contributed by atoms with van der Waals surface area (Å²) in [7, 11) is 0. The quantitative estimate of drug-likeness (QED) is 0.779. The summed E-state index contributed by atoms with van der Waals surface area (Å²) < 4.78 is 5.42. The van der Waals surface area contributed by atoms with Crippen LogP contribution in [0.25, 0.3) is 0 Å². The molecule has 0 saturated carbocycles. The van der Waals surface area contributed by atoms with Crippen molar-refractivity contribution in [1.82, 2.24) is 0 Å². The monoisotopic (exact) mass is 242 g/mol. The fraction of sp³-hybridized carbons (Fsp3) is 0.417. The molecule has 0 heterocycles. The molecule has 1 atom stereocenters. The summed E-state index contributed by atoms with van der Waals surface area (Å²) in [6.07, 6.45) is -0.0742. The molecule has 0 saturated heterocycles. The SMILES string of the molecule is CC(=O)C(OCCCO)c1cccc(Cl)c1. The Morgan fingerprint density at radius 2 is 2.31 bits per heavy atom. The summed E-state index contributed by atoms with van der Waals surface area (Å²) in [5.41, 5.74) is 0.748. The van der Waals surface area contributed by atoms with Crippen LogP contribution in [0.2, 0.25) is 5.02 Å². The van der Waals surface area contributed by atoms with Crippen LogP contribution in [0, 0.1) is 0 Å². The molecule has 16 heavy (non-hydrogen) atoms. The van der Waals surface area contributed by atoms with Gasteiger partial charge >= 0.3 is 0 Å². The molecule has 0 aliphatic rings. The highest BCUT2D eigenvalue weighted by Gasteiger charge is 2.17. The third-order valence-corrected chi connectivity index (χ3v) is 2.34. The number of hydrogen-bond acceptors (Lipinski definition) is 3. The van der Waals surface area contributed by atoms with Crippen LogP contribution in [0.1, 0.15) is 25.0 Å². The first kappa shape index (κ1) is 13.2. The Balaban J connectivity index is 2.73. The fourth-order valence-corrected chi connectivity index (χ4v) is 1.58. The maximum atomic E-state index is 11.4. The smallest absolute Gasteiger partial charge is 0.163 e. The van der Waals surface area contributed by atoms with Gasteiger partial charge in [-0.15, -0.1) is 0 Å². The van der Waals surface area contributed by atoms with Crippen LogP contribution in [0.3, 0.4) is 0 Å². The molecule has 1 N–H and O–H groups in total. The van der Waals surface area contributed by atoms with Crippen LogP contribution >= 0.6 is 11.6 Å². The van der Waals surface area contributed by atoms with Crippen LogP contribution in [0.4, 0.5) is 0 Å². The third-order valence-electron chi connectivity index (χ3n) is 2.11. The van der Waals surface area contributed by atoms with Gasteiger partial charge in [-0.25, -0.2) is 0 Å². The highest BCUT2D eigenvalue weighted by molar-refractivity contribution is 6.30. The molecule has 1 unspecified atom stereocenters. The van der Waals surface area contributed by atoms with Crippen molar-refractivity contribution in [3.8, 4) is 0 Å². The van der Waals surface area contributed by atoms with Gasteiger partial charge in [0.25, 0.3) is 0 Å². The van der Waals surface area contributed by atoms with Crippen molar-refractivity contribution in [2.75, 3.05) is 13.2 Å². The van der Waals surface area contributed by atoms with Crippen molar-refractivity contribution in [2.24, 2.45) is 0 Å². The van der Waals surface area contributed by atoms with Gasteiger partial charge in [-0.05, 0) is 31.0 Å². The number of aliphatic hydroxyl groups excluding tert-OH is 1. The van der Waals surface area contributed by atoms with Crippen molar-refractivity contribution in [2.45, 2.75) is 19.4 Å². The molecular weight excluding hydrogens is 228 g/mol. The lowest BCUT2D eigenvalue weighted by Crippen LogP contribution is -2.14. The third kappa shape index (κ3) is 3.93. The Morgan fingerprint density at radius 3 is 2.88 bits per heavy atom. The molecule has 3 nitrogen and oxygen atoms in total. The summed E-state index contributed by atoms with van der Waals surface area (Å²) in [5, 5.41) is 9.22. The molecule has 0 aliphatic heterocycles. The second-order valence-corrected chi connectivity index (χ2v) is 3.93. The minimum atomic E-state index is -0.592. The Morgan fingerprint density at radius 1 is 1.56 bits per heavy atom. The van der Waals surface area contributed by atoms with Gasteiger partial charge in [-0.1, -0.05) is 23.7 Å². The molecule has 1 rings (SSSR count). The molecular formula is C12H15ClO3. The van der Waals surface area contributed by atoms with E-state index in [2.05, 4.69) is 0 Å². The van der Waals surface area contributed by atoms with E-state index in [9.17, 15) is 4.79 Å². The number of carbonyl (C=O) groups is 1. The van der Waals surface area contributed by atoms with Gasteiger partial charge in [0.15, 0.2) is 5.78 Å². The summed E-state index contributed by atoms with van der Waals surface area (Å²) in [6.45, 7) is 1.89. The van der Waals surface area contributed by atoms with Crippen molar-refractivity contribution in [1.29, 1.82) is 0 Å². The van der Waals surface area contributed by atoms with E-state index in [-0.39, 0.29) is 12.4 Å². The number of Topliss-reactive ketones (excluding diaryl/α,β-unsaturated/α-hetero) is 1. The predicted octanol–water partition coefficient (Wildman–Crippen LogP) is 2.37. The van der Waals surface area contributed by atoms with Gasteiger partial charge in [-0.3, -0.25) is 4.79 Å².